The van der Waals surface area contributed by atoms with Crippen LogP contribution in [0.1, 0.15) is 103 Å². The van der Waals surface area contributed by atoms with Crippen LogP contribution in [0.3, 0.4) is 0 Å². The summed E-state index contributed by atoms with van der Waals surface area (Å²) in [4.78, 5) is 28.4. The lowest BCUT2D eigenvalue weighted by Crippen LogP contribution is -2.11. The van der Waals surface area contributed by atoms with E-state index < -0.39 is 13.8 Å². The zero-order chi connectivity index (χ0) is 19.0. The molecule has 0 heterocycles. The van der Waals surface area contributed by atoms with Crippen LogP contribution in [0, 0.1) is 0 Å². The summed E-state index contributed by atoms with van der Waals surface area (Å²) in [5, 5.41) is 8.55. The summed E-state index contributed by atoms with van der Waals surface area (Å²) in [6, 6.07) is 0. The van der Waals surface area contributed by atoms with E-state index in [9.17, 15) is 9.36 Å². The lowest BCUT2D eigenvalue weighted by atomic mass is 10.0. The van der Waals surface area contributed by atoms with Gasteiger partial charge in [0.1, 0.15) is 0 Å². The second-order valence-corrected chi connectivity index (χ2v) is 8.02. The molecular formula is C18H37O6P. The van der Waals surface area contributed by atoms with Crippen molar-refractivity contribution in [2.45, 2.75) is 109 Å². The summed E-state index contributed by atoms with van der Waals surface area (Å²) in [6.45, 7) is 2.13. The molecule has 0 amide bonds. The van der Waals surface area contributed by atoms with Gasteiger partial charge in [-0.3, -0.25) is 9.32 Å². The van der Waals surface area contributed by atoms with Gasteiger partial charge in [0.05, 0.1) is 6.10 Å². The highest BCUT2D eigenvalue weighted by Gasteiger charge is 2.21. The molecule has 6 nitrogen and oxygen atoms in total. The molecule has 0 rings (SSSR count). The standard InChI is InChI=1S/C18H37O6P/c1-2-3-4-11-14-17(24-25(21,22)23)15-12-9-7-5-6-8-10-13-16-18(19)20/h17H,2-16H2,1H3,(H,19,20)(H2,21,22,23). The van der Waals surface area contributed by atoms with E-state index in [1.165, 1.54) is 0 Å². The van der Waals surface area contributed by atoms with Crippen LogP contribution in [0.25, 0.3) is 0 Å². The molecule has 0 aromatic carbocycles. The van der Waals surface area contributed by atoms with Gasteiger partial charge in [0, 0.05) is 6.42 Å². The first kappa shape index (κ1) is 24.6. The zero-order valence-electron chi connectivity index (χ0n) is 15.7. The maximum absolute atomic E-state index is 11.1. The van der Waals surface area contributed by atoms with Crippen LogP contribution in [-0.2, 0) is 13.9 Å². The Bertz CT molecular complexity index is 369. The normalized spacial score (nSPS) is 13.1. The second-order valence-electron chi connectivity index (χ2n) is 6.83. The number of carboxylic acids is 1. The van der Waals surface area contributed by atoms with Crippen molar-refractivity contribution < 1.29 is 28.8 Å². The van der Waals surface area contributed by atoms with Crippen LogP contribution < -0.4 is 0 Å². The molecule has 0 fully saturated rings. The van der Waals surface area contributed by atoms with Gasteiger partial charge in [-0.1, -0.05) is 77.6 Å². The van der Waals surface area contributed by atoms with Crippen molar-refractivity contribution in [3.05, 3.63) is 0 Å². The lowest BCUT2D eigenvalue weighted by molar-refractivity contribution is -0.137. The fourth-order valence-corrected chi connectivity index (χ4v) is 3.55. The summed E-state index contributed by atoms with van der Waals surface area (Å²) in [5.41, 5.74) is 0. The number of hydrogen-bond acceptors (Lipinski definition) is 3. The van der Waals surface area contributed by atoms with Gasteiger partial charge in [0.2, 0.25) is 0 Å². The third-order valence-corrected chi connectivity index (χ3v) is 4.91. The molecule has 0 saturated carbocycles. The molecule has 0 saturated heterocycles. The highest BCUT2D eigenvalue weighted by atomic mass is 31.2. The average Bonchev–Trinajstić information content (AvgIpc) is 2.51. The van der Waals surface area contributed by atoms with E-state index in [1.54, 1.807) is 0 Å². The van der Waals surface area contributed by atoms with E-state index in [-0.39, 0.29) is 12.5 Å². The number of phosphoric acid groups is 1. The monoisotopic (exact) mass is 380 g/mol. The number of carboxylic acid groups (broad SMARTS) is 1. The van der Waals surface area contributed by atoms with Crippen LogP contribution in [0.15, 0.2) is 0 Å². The average molecular weight is 380 g/mol. The molecule has 0 aromatic rings. The maximum atomic E-state index is 11.1. The summed E-state index contributed by atoms with van der Waals surface area (Å²) in [5.74, 6) is -0.721. The molecule has 0 radical (unpaired) electrons. The minimum Gasteiger partial charge on any atom is -0.481 e. The molecule has 0 bridgehead atoms. The van der Waals surface area contributed by atoms with Crippen LogP contribution >= 0.6 is 7.82 Å². The molecule has 3 N–H and O–H groups in total. The van der Waals surface area contributed by atoms with E-state index in [0.29, 0.717) is 12.8 Å². The summed E-state index contributed by atoms with van der Waals surface area (Å²) in [6.07, 6.45) is 13.8. The Hall–Kier alpha value is -0.420. The number of unbranched alkanes of at least 4 members (excludes halogenated alkanes) is 10. The van der Waals surface area contributed by atoms with Crippen LogP contribution in [0.2, 0.25) is 0 Å². The van der Waals surface area contributed by atoms with Crippen molar-refractivity contribution in [3.8, 4) is 0 Å². The predicted octanol–water partition coefficient (Wildman–Crippen LogP) is 5.42. The van der Waals surface area contributed by atoms with Gasteiger partial charge in [0.25, 0.3) is 0 Å². The molecule has 25 heavy (non-hydrogen) atoms. The predicted molar refractivity (Wildman–Crippen MR) is 99.5 cm³/mol. The third kappa shape index (κ3) is 19.7. The van der Waals surface area contributed by atoms with Gasteiger partial charge < -0.3 is 14.9 Å². The van der Waals surface area contributed by atoms with Gasteiger partial charge in [-0.25, -0.2) is 4.57 Å². The smallest absolute Gasteiger partial charge is 0.469 e. The first-order chi connectivity index (χ1) is 11.8. The number of phosphoric ester groups is 1. The first-order valence-corrected chi connectivity index (χ1v) is 11.3. The van der Waals surface area contributed by atoms with Crippen molar-refractivity contribution in [2.75, 3.05) is 0 Å². The van der Waals surface area contributed by atoms with Crippen molar-refractivity contribution in [3.63, 3.8) is 0 Å². The molecule has 7 heteroatoms. The topological polar surface area (TPSA) is 104 Å². The number of hydrogen-bond donors (Lipinski definition) is 3. The van der Waals surface area contributed by atoms with Gasteiger partial charge in [-0.2, -0.15) is 0 Å². The third-order valence-electron chi connectivity index (χ3n) is 4.33. The Morgan fingerprint density at radius 1 is 0.840 bits per heavy atom. The minimum absolute atomic E-state index is 0.263. The first-order valence-electron chi connectivity index (χ1n) is 9.81. The minimum atomic E-state index is -4.40. The fraction of sp³-hybridized carbons (Fsp3) is 0.944. The Balaban J connectivity index is 3.68. The highest BCUT2D eigenvalue weighted by molar-refractivity contribution is 7.46. The van der Waals surface area contributed by atoms with Crippen LogP contribution in [0.4, 0.5) is 0 Å². The van der Waals surface area contributed by atoms with E-state index in [0.717, 1.165) is 77.0 Å². The lowest BCUT2D eigenvalue weighted by Gasteiger charge is -2.18. The van der Waals surface area contributed by atoms with Crippen LogP contribution in [-0.4, -0.2) is 27.0 Å². The van der Waals surface area contributed by atoms with E-state index in [2.05, 4.69) is 6.92 Å². The van der Waals surface area contributed by atoms with Crippen molar-refractivity contribution in [1.82, 2.24) is 0 Å². The Kier molecular flexibility index (Phi) is 15.5. The van der Waals surface area contributed by atoms with E-state index in [4.69, 9.17) is 19.4 Å². The zero-order valence-corrected chi connectivity index (χ0v) is 16.6. The molecule has 1 atom stereocenters. The Morgan fingerprint density at radius 2 is 1.28 bits per heavy atom. The fourth-order valence-electron chi connectivity index (χ4n) is 2.95. The number of rotatable bonds is 18. The van der Waals surface area contributed by atoms with Gasteiger partial charge in [0.15, 0.2) is 0 Å². The van der Waals surface area contributed by atoms with E-state index in [1.807, 2.05) is 0 Å². The molecule has 0 spiro atoms. The molecule has 0 aliphatic heterocycles. The quantitative estimate of drug-likeness (QED) is 0.217. The van der Waals surface area contributed by atoms with Gasteiger partial charge >= 0.3 is 13.8 Å². The number of carbonyl (C=O) groups is 1. The summed E-state index contributed by atoms with van der Waals surface area (Å²) >= 11 is 0. The Morgan fingerprint density at radius 3 is 1.72 bits per heavy atom. The van der Waals surface area contributed by atoms with Gasteiger partial charge in [-0.15, -0.1) is 0 Å². The van der Waals surface area contributed by atoms with Crippen molar-refractivity contribution in [2.24, 2.45) is 0 Å². The molecular weight excluding hydrogens is 343 g/mol. The highest BCUT2D eigenvalue weighted by Crippen LogP contribution is 2.39. The van der Waals surface area contributed by atoms with Crippen molar-refractivity contribution >= 4 is 13.8 Å². The van der Waals surface area contributed by atoms with E-state index >= 15 is 0 Å². The second kappa shape index (κ2) is 15.8. The molecule has 150 valence electrons. The van der Waals surface area contributed by atoms with Crippen molar-refractivity contribution in [1.29, 1.82) is 0 Å². The van der Waals surface area contributed by atoms with Crippen LogP contribution in [0.5, 0.6) is 0 Å². The molecule has 1 unspecified atom stereocenters. The molecule has 0 aliphatic rings. The van der Waals surface area contributed by atoms with Gasteiger partial charge in [-0.05, 0) is 19.3 Å². The molecule has 0 aliphatic carbocycles. The largest absolute Gasteiger partial charge is 0.481 e. The summed E-state index contributed by atoms with van der Waals surface area (Å²) < 4.78 is 16.0. The SMILES string of the molecule is CCCCCCC(CCCCCCCCCCC(=O)O)OP(=O)(O)O. The maximum Gasteiger partial charge on any atom is 0.469 e. The summed E-state index contributed by atoms with van der Waals surface area (Å²) in [7, 11) is -4.40. The number of aliphatic carboxylic acids is 1. The molecule has 0 aromatic heterocycles. The Labute approximate surface area is 152 Å².